The van der Waals surface area contributed by atoms with E-state index in [-0.39, 0.29) is 30.3 Å². The number of aliphatic hydroxyl groups is 1. The van der Waals surface area contributed by atoms with Gasteiger partial charge in [-0.1, -0.05) is 36.4 Å². The van der Waals surface area contributed by atoms with Gasteiger partial charge in [-0.2, -0.15) is 0 Å². The number of ether oxygens (including phenoxy) is 2. The van der Waals surface area contributed by atoms with E-state index in [4.69, 9.17) is 15.2 Å². The molecule has 3 aliphatic rings. The zero-order valence-corrected chi connectivity index (χ0v) is 26.0. The topological polar surface area (TPSA) is 122 Å². The highest BCUT2D eigenvalue weighted by Crippen LogP contribution is 2.46. The van der Waals surface area contributed by atoms with E-state index in [1.165, 1.54) is 29.2 Å². The van der Waals surface area contributed by atoms with Crippen molar-refractivity contribution in [1.29, 1.82) is 0 Å². The molecule has 4 atom stereocenters. The number of halogens is 2. The number of nitrogens with two attached hydrogens (primary N) is 1. The number of hydrogen-bond donors (Lipinski definition) is 2. The smallest absolute Gasteiger partial charge is 0.249 e. The number of β-lactam (4-membered cyclic amide) rings is 1. The van der Waals surface area contributed by atoms with E-state index in [9.17, 15) is 28.3 Å². The fourth-order valence-electron chi connectivity index (χ4n) is 6.83. The quantitative estimate of drug-likeness (QED) is 0.266. The van der Waals surface area contributed by atoms with Crippen LogP contribution in [0.2, 0.25) is 0 Å². The molecule has 0 radical (unpaired) electrons. The second-order valence-electron chi connectivity index (χ2n) is 12.7. The average molecular weight is 648 g/mol. The summed E-state index contributed by atoms with van der Waals surface area (Å²) in [5, 5.41) is 10.7. The zero-order valence-electron chi connectivity index (χ0n) is 26.0. The van der Waals surface area contributed by atoms with Gasteiger partial charge in [0.15, 0.2) is 0 Å². The lowest BCUT2D eigenvalue weighted by Crippen LogP contribution is -2.55. The Morgan fingerprint density at radius 3 is 2.28 bits per heavy atom. The largest absolute Gasteiger partial charge is 0.388 e. The number of hydrogen-bond acceptors (Lipinski definition) is 6. The number of aryl methyl sites for hydroxylation is 1. The molecule has 9 nitrogen and oxygen atoms in total. The van der Waals surface area contributed by atoms with E-state index in [1.807, 2.05) is 24.3 Å². The summed E-state index contributed by atoms with van der Waals surface area (Å²) in [6.45, 7) is 1.10. The Kier molecular flexibility index (Phi) is 9.67. The van der Waals surface area contributed by atoms with Crippen molar-refractivity contribution in [3.8, 4) is 0 Å². The van der Waals surface area contributed by atoms with Gasteiger partial charge >= 0.3 is 0 Å². The number of likely N-dealkylation sites (tertiary alicyclic amines) is 1. The van der Waals surface area contributed by atoms with Crippen molar-refractivity contribution in [2.24, 2.45) is 11.7 Å². The van der Waals surface area contributed by atoms with Crippen molar-refractivity contribution in [2.75, 3.05) is 31.3 Å². The van der Waals surface area contributed by atoms with Crippen molar-refractivity contribution >= 4 is 23.4 Å². The Balaban J connectivity index is 1.10. The molecule has 47 heavy (non-hydrogen) atoms. The third kappa shape index (κ3) is 7.07. The summed E-state index contributed by atoms with van der Waals surface area (Å²) in [4.78, 5) is 41.1. The Hall–Kier alpha value is -4.19. The first-order valence-corrected chi connectivity index (χ1v) is 16.1. The van der Waals surface area contributed by atoms with Crippen molar-refractivity contribution in [1.82, 2.24) is 4.90 Å². The minimum Gasteiger partial charge on any atom is -0.388 e. The van der Waals surface area contributed by atoms with Crippen LogP contribution >= 0.6 is 0 Å². The SMILES string of the molecule is NC(=O)C1CCCN1C(=O)COC1(CCc2ccc([C@@H]3[C@@H](CCC(O)c4ccc(F)cc4)C(=O)N3c3ccc(F)cc3)cc2)COC1. The third-order valence-corrected chi connectivity index (χ3v) is 9.65. The number of amides is 3. The maximum Gasteiger partial charge on any atom is 0.249 e. The van der Waals surface area contributed by atoms with Gasteiger partial charge in [-0.15, -0.1) is 0 Å². The minimum absolute atomic E-state index is 0.105. The Morgan fingerprint density at radius 2 is 1.66 bits per heavy atom. The van der Waals surface area contributed by atoms with Gasteiger partial charge in [0.1, 0.15) is 29.9 Å². The molecule has 3 aliphatic heterocycles. The first-order valence-electron chi connectivity index (χ1n) is 16.1. The van der Waals surface area contributed by atoms with Gasteiger partial charge in [0.05, 0.1) is 31.3 Å². The molecule has 0 spiro atoms. The van der Waals surface area contributed by atoms with Crippen LogP contribution in [-0.2, 0) is 30.3 Å². The summed E-state index contributed by atoms with van der Waals surface area (Å²) in [5.41, 5.74) is 8.01. The predicted octanol–water partition coefficient (Wildman–Crippen LogP) is 4.38. The van der Waals surface area contributed by atoms with Crippen LogP contribution in [-0.4, -0.2) is 65.7 Å². The molecule has 3 aromatic carbocycles. The van der Waals surface area contributed by atoms with Crippen LogP contribution in [0.5, 0.6) is 0 Å². The number of rotatable bonds is 13. The number of carbonyl (C=O) groups excluding carboxylic acids is 3. The molecule has 0 bridgehead atoms. The van der Waals surface area contributed by atoms with E-state index < -0.39 is 35.4 Å². The van der Waals surface area contributed by atoms with Gasteiger partial charge in [0, 0.05) is 12.2 Å². The third-order valence-electron chi connectivity index (χ3n) is 9.65. The predicted molar refractivity (Wildman–Crippen MR) is 169 cm³/mol. The fraction of sp³-hybridized carbons (Fsp3) is 0.417. The number of anilines is 1. The van der Waals surface area contributed by atoms with Crippen LogP contribution in [0.25, 0.3) is 0 Å². The summed E-state index contributed by atoms with van der Waals surface area (Å²) in [6, 6.07) is 18.6. The zero-order chi connectivity index (χ0) is 33.1. The number of benzene rings is 3. The number of aliphatic hydroxyl groups excluding tert-OH is 1. The maximum atomic E-state index is 13.7. The van der Waals surface area contributed by atoms with Gasteiger partial charge in [-0.05, 0) is 91.6 Å². The van der Waals surface area contributed by atoms with Gasteiger partial charge in [0.25, 0.3) is 0 Å². The number of nitrogens with zero attached hydrogens (tertiary/aromatic N) is 2. The highest BCUT2D eigenvalue weighted by molar-refractivity contribution is 6.03. The summed E-state index contributed by atoms with van der Waals surface area (Å²) in [5.74, 6) is -2.02. The van der Waals surface area contributed by atoms with Crippen LogP contribution in [0.15, 0.2) is 72.8 Å². The van der Waals surface area contributed by atoms with E-state index in [1.54, 1.807) is 29.2 Å². The van der Waals surface area contributed by atoms with Crippen LogP contribution < -0.4 is 10.6 Å². The molecular formula is C36H39F2N3O6. The second-order valence-corrected chi connectivity index (χ2v) is 12.7. The maximum absolute atomic E-state index is 13.7. The van der Waals surface area contributed by atoms with E-state index >= 15 is 0 Å². The highest BCUT2D eigenvalue weighted by Gasteiger charge is 2.48. The summed E-state index contributed by atoms with van der Waals surface area (Å²) in [7, 11) is 0. The molecule has 0 aromatic heterocycles. The molecule has 0 saturated carbocycles. The molecule has 0 aliphatic carbocycles. The monoisotopic (exact) mass is 647 g/mol. The molecule has 6 rings (SSSR count). The van der Waals surface area contributed by atoms with Crippen LogP contribution in [0, 0.1) is 17.6 Å². The van der Waals surface area contributed by atoms with Crippen LogP contribution in [0.4, 0.5) is 14.5 Å². The Morgan fingerprint density at radius 1 is 1.00 bits per heavy atom. The van der Waals surface area contributed by atoms with E-state index in [0.29, 0.717) is 63.1 Å². The summed E-state index contributed by atoms with van der Waals surface area (Å²) >= 11 is 0. The molecule has 11 heteroatoms. The average Bonchev–Trinajstić information content (AvgIpc) is 3.55. The van der Waals surface area contributed by atoms with Gasteiger partial charge < -0.3 is 30.1 Å². The molecule has 3 fully saturated rings. The van der Waals surface area contributed by atoms with E-state index in [2.05, 4.69) is 0 Å². The first-order chi connectivity index (χ1) is 22.6. The highest BCUT2D eigenvalue weighted by atomic mass is 19.1. The molecule has 3 aromatic rings. The normalized spacial score (nSPS) is 22.4. The number of primary amides is 1. The van der Waals surface area contributed by atoms with Gasteiger partial charge in [-0.25, -0.2) is 8.78 Å². The minimum atomic E-state index is -0.841. The van der Waals surface area contributed by atoms with Crippen LogP contribution in [0.1, 0.15) is 60.9 Å². The fourth-order valence-corrected chi connectivity index (χ4v) is 6.83. The van der Waals surface area contributed by atoms with Crippen molar-refractivity contribution < 1.29 is 37.7 Å². The summed E-state index contributed by atoms with van der Waals surface area (Å²) < 4.78 is 38.6. The molecule has 2 unspecified atom stereocenters. The first kappa shape index (κ1) is 32.7. The molecule has 3 heterocycles. The summed E-state index contributed by atoms with van der Waals surface area (Å²) in [6.07, 6.45) is 2.50. The van der Waals surface area contributed by atoms with Crippen molar-refractivity contribution in [3.63, 3.8) is 0 Å². The molecule has 3 saturated heterocycles. The molecule has 248 valence electrons. The molecular weight excluding hydrogens is 608 g/mol. The molecule has 3 N–H and O–H groups in total. The Labute approximate surface area is 272 Å². The lowest BCUT2D eigenvalue weighted by molar-refractivity contribution is -0.214. The molecule has 3 amide bonds. The Bertz CT molecular complexity index is 1580. The van der Waals surface area contributed by atoms with Gasteiger partial charge in [-0.3, -0.25) is 14.4 Å². The lowest BCUT2D eigenvalue weighted by atomic mass is 9.78. The van der Waals surface area contributed by atoms with E-state index in [0.717, 1.165) is 17.5 Å². The standard InChI is InChI=1S/C36H39F2N3O6/c37-26-9-7-24(8-10-26)31(42)16-15-29-33(41(35(29)45)28-13-11-27(38)12-14-28)25-5-3-23(4-6-25)17-18-36(21-46-22-36)47-20-32(43)40-19-1-2-30(40)34(39)44/h3-14,29-31,33,42H,1-2,15-22H2,(H2,39,44)/t29-,30?,31?,33-/m1/s1. The van der Waals surface area contributed by atoms with Crippen molar-refractivity contribution in [3.05, 3.63) is 101 Å². The van der Waals surface area contributed by atoms with Crippen LogP contribution in [0.3, 0.4) is 0 Å². The second kappa shape index (κ2) is 13.9. The van der Waals surface area contributed by atoms with Gasteiger partial charge in [0.2, 0.25) is 17.7 Å². The van der Waals surface area contributed by atoms with Crippen molar-refractivity contribution in [2.45, 2.75) is 62.3 Å². The lowest BCUT2D eigenvalue weighted by Gasteiger charge is -2.48. The number of carbonyl (C=O) groups is 3.